The Kier molecular flexibility index (Phi) is 4.58. The average Bonchev–Trinajstić information content (AvgIpc) is 3.05. The molecule has 0 heterocycles. The van der Waals surface area contributed by atoms with E-state index in [1.807, 2.05) is 51.1 Å². The van der Waals surface area contributed by atoms with Gasteiger partial charge < -0.3 is 4.74 Å². The predicted molar refractivity (Wildman–Crippen MR) is 90.9 cm³/mol. The van der Waals surface area contributed by atoms with Gasteiger partial charge in [0.25, 0.3) is 0 Å². The third-order valence-electron chi connectivity index (χ3n) is 3.59. The Morgan fingerprint density at radius 3 is 2.36 bits per heavy atom. The summed E-state index contributed by atoms with van der Waals surface area (Å²) in [7, 11) is 0. The van der Waals surface area contributed by atoms with Crippen molar-refractivity contribution in [2.45, 2.75) is 62.2 Å². The van der Waals surface area contributed by atoms with Crippen molar-refractivity contribution < 1.29 is 9.53 Å². The van der Waals surface area contributed by atoms with Crippen LogP contribution in [-0.4, -0.2) is 27.6 Å². The number of thioether (sulfide) groups is 1. The second-order valence-electron chi connectivity index (χ2n) is 6.93. The molecule has 0 bridgehead atoms. The van der Waals surface area contributed by atoms with E-state index >= 15 is 0 Å². The highest BCUT2D eigenvalue weighted by Gasteiger charge is 2.80. The van der Waals surface area contributed by atoms with Crippen LogP contribution >= 0.6 is 11.8 Å². The van der Waals surface area contributed by atoms with Gasteiger partial charge in [0.15, 0.2) is 0 Å². The van der Waals surface area contributed by atoms with Crippen molar-refractivity contribution in [1.82, 2.24) is 0 Å². The first-order valence-electron chi connectivity index (χ1n) is 7.55. The summed E-state index contributed by atoms with van der Waals surface area (Å²) in [5.41, 5.74) is -0.614. The summed E-state index contributed by atoms with van der Waals surface area (Å²) in [6.07, 6.45) is 0. The quantitative estimate of drug-likeness (QED) is 0.613. The van der Waals surface area contributed by atoms with Crippen LogP contribution in [0.3, 0.4) is 0 Å². The van der Waals surface area contributed by atoms with E-state index in [2.05, 4.69) is 18.7 Å². The number of ether oxygens (including phenoxy) is 1. The minimum atomic E-state index is -1.08. The number of esters is 1. The molecule has 22 heavy (non-hydrogen) atoms. The van der Waals surface area contributed by atoms with Crippen molar-refractivity contribution in [1.29, 1.82) is 0 Å². The first-order valence-corrected chi connectivity index (χ1v) is 8.49. The number of hydrogen-bond donors (Lipinski definition) is 0. The number of hydrogen-bond acceptors (Lipinski definition) is 3. The zero-order valence-electron chi connectivity index (χ0n) is 13.8. The maximum atomic E-state index is 12.7. The monoisotopic (exact) mass is 317 g/mol. The van der Waals surface area contributed by atoms with Gasteiger partial charge in [-0.2, -0.15) is 0 Å². The lowest BCUT2D eigenvalue weighted by atomic mass is 10.1. The molecule has 3 nitrogen and oxygen atoms in total. The molecule has 1 saturated carbocycles. The summed E-state index contributed by atoms with van der Waals surface area (Å²) in [5, 5.41) is 0.324. The highest BCUT2D eigenvalue weighted by atomic mass is 32.2. The molecule has 2 rings (SSSR count). The third kappa shape index (κ3) is 3.15. The second kappa shape index (κ2) is 5.96. The summed E-state index contributed by atoms with van der Waals surface area (Å²) in [6.45, 7) is 17.4. The van der Waals surface area contributed by atoms with E-state index < -0.39 is 11.1 Å². The first kappa shape index (κ1) is 16.9. The minimum absolute atomic E-state index is 0.0396. The summed E-state index contributed by atoms with van der Waals surface area (Å²) >= 11 is 1.69. The Bertz CT molecular complexity index is 585. The van der Waals surface area contributed by atoms with Crippen LogP contribution in [0.2, 0.25) is 0 Å². The number of rotatable bonds is 4. The van der Waals surface area contributed by atoms with E-state index in [-0.39, 0.29) is 17.1 Å². The van der Waals surface area contributed by atoms with Crippen molar-refractivity contribution >= 4 is 17.7 Å². The Labute approximate surface area is 137 Å². The van der Waals surface area contributed by atoms with E-state index in [0.717, 1.165) is 5.56 Å². The molecule has 0 saturated heterocycles. The Balaban J connectivity index is 2.35. The van der Waals surface area contributed by atoms with Crippen LogP contribution in [0.4, 0.5) is 0 Å². The maximum absolute atomic E-state index is 12.7. The largest absolute Gasteiger partial charge is 0.454 e. The van der Waals surface area contributed by atoms with Crippen molar-refractivity contribution in [2.75, 3.05) is 0 Å². The van der Waals surface area contributed by atoms with E-state index in [9.17, 15) is 4.79 Å². The molecule has 1 fully saturated rings. The van der Waals surface area contributed by atoms with Gasteiger partial charge in [0.05, 0.1) is 5.92 Å². The lowest BCUT2D eigenvalue weighted by molar-refractivity contribution is -0.156. The number of nitrogens with zero attached hydrogens (tertiary/aromatic N) is 1. The molecule has 118 valence electrons. The molecule has 3 atom stereocenters. The summed E-state index contributed by atoms with van der Waals surface area (Å²) < 4.78 is 5.55. The molecule has 0 amide bonds. The normalized spacial score (nSPS) is 27.3. The summed E-state index contributed by atoms with van der Waals surface area (Å²) in [4.78, 5) is 16.5. The predicted octanol–water partition coefficient (Wildman–Crippen LogP) is 4.29. The molecule has 1 aromatic carbocycles. The van der Waals surface area contributed by atoms with Crippen LogP contribution in [0.1, 0.15) is 46.1 Å². The Morgan fingerprint density at radius 1 is 1.32 bits per heavy atom. The number of carbonyl (C=O) groups is 1. The molecule has 0 aromatic heterocycles. The molecule has 0 N–H and O–H groups in total. The topological polar surface area (TPSA) is 30.7 Å². The fourth-order valence-electron chi connectivity index (χ4n) is 2.69. The zero-order chi connectivity index (χ0) is 16.5. The van der Waals surface area contributed by atoms with Crippen LogP contribution in [0, 0.1) is 6.57 Å². The molecule has 0 unspecified atom stereocenters. The maximum Gasteiger partial charge on any atom is 0.395 e. The van der Waals surface area contributed by atoms with Crippen LogP contribution < -0.4 is 0 Å². The highest BCUT2D eigenvalue weighted by molar-refractivity contribution is 8.01. The van der Waals surface area contributed by atoms with Gasteiger partial charge in [0, 0.05) is 0 Å². The average molecular weight is 317 g/mol. The van der Waals surface area contributed by atoms with Crippen molar-refractivity contribution in [3.8, 4) is 0 Å². The fourth-order valence-corrected chi connectivity index (χ4v) is 4.22. The number of carbonyl (C=O) groups excluding carboxylic acids is 1. The molecule has 1 aliphatic rings. The van der Waals surface area contributed by atoms with Crippen LogP contribution in [0.15, 0.2) is 30.3 Å². The van der Waals surface area contributed by atoms with Gasteiger partial charge in [0.2, 0.25) is 0 Å². The third-order valence-corrected chi connectivity index (χ3v) is 5.06. The Hall–Kier alpha value is -1.47. The zero-order valence-corrected chi connectivity index (χ0v) is 14.6. The highest BCUT2D eigenvalue weighted by Crippen LogP contribution is 2.62. The SMILES string of the molecule is [C-]#[N+][C@@]1(C(=O)OC(C)(C)C)[C@@H](SC(C)C)[C@@H]1c1ccccc1. The van der Waals surface area contributed by atoms with Gasteiger partial charge >= 0.3 is 11.5 Å². The van der Waals surface area contributed by atoms with Crippen LogP contribution in [-0.2, 0) is 9.53 Å². The summed E-state index contributed by atoms with van der Waals surface area (Å²) in [5.74, 6) is -0.476. The molecular weight excluding hydrogens is 294 g/mol. The minimum Gasteiger partial charge on any atom is -0.454 e. The lowest BCUT2D eigenvalue weighted by Crippen LogP contribution is -2.34. The lowest BCUT2D eigenvalue weighted by Gasteiger charge is -2.20. The van der Waals surface area contributed by atoms with Crippen LogP contribution in [0.5, 0.6) is 0 Å². The molecular formula is C18H23NO2S. The van der Waals surface area contributed by atoms with Crippen molar-refractivity contribution in [2.24, 2.45) is 0 Å². The van der Waals surface area contributed by atoms with Gasteiger partial charge in [-0.25, -0.2) is 11.4 Å². The standard InChI is InChI=1S/C18H23NO2S/c1-12(2)22-15-14(13-10-8-7-9-11-13)18(15,19-6)16(20)21-17(3,4)5/h7-12,14-15H,1-5H3/t14-,15-,18+/m0/s1. The van der Waals surface area contributed by atoms with E-state index in [1.54, 1.807) is 11.8 Å². The molecule has 4 heteroatoms. The smallest absolute Gasteiger partial charge is 0.395 e. The van der Waals surface area contributed by atoms with Crippen LogP contribution in [0.25, 0.3) is 4.85 Å². The number of benzene rings is 1. The fraction of sp³-hybridized carbons (Fsp3) is 0.556. The molecule has 0 aliphatic heterocycles. The molecule has 0 radical (unpaired) electrons. The first-order chi connectivity index (χ1) is 10.2. The summed E-state index contributed by atoms with van der Waals surface area (Å²) in [6, 6.07) is 9.85. The van der Waals surface area contributed by atoms with Gasteiger partial charge in [-0.3, -0.25) is 4.85 Å². The van der Waals surface area contributed by atoms with E-state index in [4.69, 9.17) is 11.3 Å². The van der Waals surface area contributed by atoms with Gasteiger partial charge in [-0.15, -0.1) is 11.8 Å². The van der Waals surface area contributed by atoms with E-state index in [0.29, 0.717) is 5.25 Å². The molecule has 0 spiro atoms. The van der Waals surface area contributed by atoms with E-state index in [1.165, 1.54) is 0 Å². The van der Waals surface area contributed by atoms with Gasteiger partial charge in [-0.1, -0.05) is 44.2 Å². The van der Waals surface area contributed by atoms with Crippen molar-refractivity contribution in [3.63, 3.8) is 0 Å². The Morgan fingerprint density at radius 2 is 1.91 bits per heavy atom. The molecule has 1 aromatic rings. The second-order valence-corrected chi connectivity index (χ2v) is 8.66. The van der Waals surface area contributed by atoms with Crippen molar-refractivity contribution in [3.05, 3.63) is 47.3 Å². The molecule has 1 aliphatic carbocycles. The van der Waals surface area contributed by atoms with Gasteiger partial charge in [0.1, 0.15) is 10.9 Å². The van der Waals surface area contributed by atoms with Gasteiger partial charge in [-0.05, 0) is 31.6 Å².